The second-order valence-corrected chi connectivity index (χ2v) is 19.6. The summed E-state index contributed by atoms with van der Waals surface area (Å²) in [5, 5.41) is 30.2. The highest BCUT2D eigenvalue weighted by atomic mass is 35.5. The Labute approximate surface area is 441 Å². The zero-order chi connectivity index (χ0) is 52.6. The number of anilines is 2. The van der Waals surface area contributed by atoms with E-state index in [0.717, 1.165) is 37.2 Å². The number of aliphatic imine (C=N–C) groups is 1. The van der Waals surface area contributed by atoms with Crippen LogP contribution in [0.4, 0.5) is 11.4 Å². The molecule has 0 radical (unpaired) electrons. The summed E-state index contributed by atoms with van der Waals surface area (Å²) in [4.78, 5) is 74.2. The number of carbonyl (C=O) groups is 5. The van der Waals surface area contributed by atoms with Gasteiger partial charge < -0.3 is 39.4 Å². The maximum absolute atomic E-state index is 14.1. The SMILES string of the molecule is Cc1sc2c(c1C)C(c1ccc(Cl)cc1)=NC(CC(=O)Nc1ccc(OCCOCCOCCOCCNc3cccc4c3C(=O)N(C3(C(=O)OCc5ccccc5)CCC(=O)NC3=O)C4O)cc1)c1nnc(C)n1-2. The Bertz CT molecular complexity index is 3110. The number of aryl methyl sites for hydroxylation is 2. The maximum atomic E-state index is 14.1. The lowest BCUT2D eigenvalue weighted by molar-refractivity contribution is -0.173. The zero-order valence-corrected chi connectivity index (χ0v) is 43.0. The highest BCUT2D eigenvalue weighted by Gasteiger charge is 2.61. The van der Waals surface area contributed by atoms with E-state index >= 15 is 0 Å². The van der Waals surface area contributed by atoms with Crippen molar-refractivity contribution >= 4 is 69.6 Å². The number of nitrogens with zero attached hydrogens (tertiary/aromatic N) is 5. The highest BCUT2D eigenvalue weighted by molar-refractivity contribution is 7.15. The Morgan fingerprint density at radius 1 is 0.840 bits per heavy atom. The molecule has 0 bridgehead atoms. The van der Waals surface area contributed by atoms with E-state index in [9.17, 15) is 29.1 Å². The molecular formula is C54H55ClN8O11S. The van der Waals surface area contributed by atoms with Gasteiger partial charge in [-0.2, -0.15) is 0 Å². The molecule has 3 unspecified atom stereocenters. The van der Waals surface area contributed by atoms with Crippen molar-refractivity contribution in [2.45, 2.75) is 64.4 Å². The number of amides is 4. The number of aromatic nitrogens is 3. The van der Waals surface area contributed by atoms with Crippen LogP contribution in [0.5, 0.6) is 5.75 Å². The first-order chi connectivity index (χ1) is 36.3. The van der Waals surface area contributed by atoms with Crippen LogP contribution >= 0.6 is 22.9 Å². The molecular weight excluding hydrogens is 1000 g/mol. The van der Waals surface area contributed by atoms with E-state index < -0.39 is 41.5 Å². The number of aliphatic hydroxyl groups excluding tert-OH is 1. The van der Waals surface area contributed by atoms with Crippen molar-refractivity contribution in [2.24, 2.45) is 4.99 Å². The second-order valence-electron chi connectivity index (χ2n) is 17.9. The van der Waals surface area contributed by atoms with Crippen LogP contribution in [-0.4, -0.2) is 118 Å². The monoisotopic (exact) mass is 1060 g/mol. The molecule has 4 N–H and O–H groups in total. The molecule has 5 heterocycles. The Kier molecular flexibility index (Phi) is 16.4. The number of benzene rings is 4. The van der Waals surface area contributed by atoms with Gasteiger partial charge in [-0.25, -0.2) is 4.79 Å². The van der Waals surface area contributed by atoms with Gasteiger partial charge in [-0.05, 0) is 80.8 Å². The van der Waals surface area contributed by atoms with Crippen molar-refractivity contribution in [2.75, 3.05) is 63.4 Å². The lowest BCUT2D eigenvalue weighted by Gasteiger charge is -2.41. The van der Waals surface area contributed by atoms with Crippen LogP contribution in [0.3, 0.4) is 0 Å². The Hall–Kier alpha value is -7.33. The van der Waals surface area contributed by atoms with Crippen LogP contribution in [0.25, 0.3) is 5.00 Å². The third-order valence-corrected chi connectivity index (χ3v) is 14.5. The number of thiophene rings is 1. The van der Waals surface area contributed by atoms with Crippen molar-refractivity contribution in [1.29, 1.82) is 0 Å². The number of imide groups is 1. The molecule has 9 rings (SSSR count). The number of esters is 1. The summed E-state index contributed by atoms with van der Waals surface area (Å²) in [6.45, 7) is 8.32. The molecule has 3 aliphatic heterocycles. The van der Waals surface area contributed by atoms with Crippen LogP contribution in [-0.2, 0) is 44.7 Å². The smallest absolute Gasteiger partial charge is 0.342 e. The van der Waals surface area contributed by atoms with E-state index in [1.54, 1.807) is 78.1 Å². The Morgan fingerprint density at radius 3 is 2.27 bits per heavy atom. The summed E-state index contributed by atoms with van der Waals surface area (Å²) in [5.41, 5.74) is 3.40. The average Bonchev–Trinajstić information content (AvgIpc) is 3.99. The molecule has 3 aliphatic rings. The number of rotatable bonds is 22. The number of hydrogen-bond acceptors (Lipinski definition) is 16. The number of aliphatic hydroxyl groups is 1. The number of nitrogens with one attached hydrogen (secondary N) is 3. The fourth-order valence-electron chi connectivity index (χ4n) is 9.16. The third kappa shape index (κ3) is 11.4. The largest absolute Gasteiger partial charge is 0.491 e. The van der Waals surface area contributed by atoms with E-state index in [0.29, 0.717) is 79.0 Å². The number of halogens is 1. The summed E-state index contributed by atoms with van der Waals surface area (Å²) in [6, 6.07) is 27.7. The molecule has 4 aromatic carbocycles. The average molecular weight is 1060 g/mol. The molecule has 6 aromatic rings. The summed E-state index contributed by atoms with van der Waals surface area (Å²) < 4.78 is 30.4. The van der Waals surface area contributed by atoms with Gasteiger partial charge in [0.2, 0.25) is 17.4 Å². The zero-order valence-electron chi connectivity index (χ0n) is 41.4. The van der Waals surface area contributed by atoms with E-state index in [1.807, 2.05) is 35.8 Å². The number of fused-ring (bicyclic) bond motifs is 4. The molecule has 2 aromatic heterocycles. The van der Waals surface area contributed by atoms with Crippen LogP contribution < -0.4 is 20.7 Å². The minimum Gasteiger partial charge on any atom is -0.491 e. The van der Waals surface area contributed by atoms with E-state index in [-0.39, 0.29) is 56.1 Å². The van der Waals surface area contributed by atoms with Gasteiger partial charge in [0.05, 0.1) is 57.3 Å². The van der Waals surface area contributed by atoms with Crippen molar-refractivity contribution < 1.29 is 52.8 Å². The quantitative estimate of drug-likeness (QED) is 0.0239. The van der Waals surface area contributed by atoms with Gasteiger partial charge in [0, 0.05) is 50.9 Å². The number of hydrogen-bond donors (Lipinski definition) is 4. The van der Waals surface area contributed by atoms with Crippen molar-refractivity contribution in [3.63, 3.8) is 0 Å². The molecule has 75 heavy (non-hydrogen) atoms. The third-order valence-electron chi connectivity index (χ3n) is 13.0. The van der Waals surface area contributed by atoms with Gasteiger partial charge in [-0.15, -0.1) is 21.5 Å². The predicted molar refractivity (Wildman–Crippen MR) is 278 cm³/mol. The highest BCUT2D eigenvalue weighted by Crippen LogP contribution is 2.44. The first-order valence-electron chi connectivity index (χ1n) is 24.4. The molecule has 3 atom stereocenters. The Morgan fingerprint density at radius 2 is 1.55 bits per heavy atom. The number of carbonyl (C=O) groups excluding carboxylic acids is 5. The molecule has 1 saturated heterocycles. The van der Waals surface area contributed by atoms with E-state index in [2.05, 4.69) is 40.0 Å². The second kappa shape index (κ2) is 23.5. The van der Waals surface area contributed by atoms with Crippen LogP contribution in [0, 0.1) is 20.8 Å². The van der Waals surface area contributed by atoms with Crippen molar-refractivity contribution in [3.05, 3.63) is 152 Å². The summed E-state index contributed by atoms with van der Waals surface area (Å²) in [6.07, 6.45) is -2.23. The molecule has 19 nitrogen and oxygen atoms in total. The molecule has 390 valence electrons. The topological polar surface area (TPSA) is 234 Å². The predicted octanol–water partition coefficient (Wildman–Crippen LogP) is 6.73. The van der Waals surface area contributed by atoms with Crippen LogP contribution in [0.2, 0.25) is 5.02 Å². The summed E-state index contributed by atoms with van der Waals surface area (Å²) in [5.74, 6) is -1.77. The van der Waals surface area contributed by atoms with Gasteiger partial charge >= 0.3 is 5.97 Å². The van der Waals surface area contributed by atoms with Gasteiger partial charge in [-0.1, -0.05) is 66.2 Å². The van der Waals surface area contributed by atoms with E-state index in [1.165, 1.54) is 6.07 Å². The van der Waals surface area contributed by atoms with Gasteiger partial charge in [0.25, 0.3) is 11.8 Å². The summed E-state index contributed by atoms with van der Waals surface area (Å²) >= 11 is 7.90. The van der Waals surface area contributed by atoms with Crippen LogP contribution in [0.1, 0.15) is 86.2 Å². The Balaban J connectivity index is 0.671. The molecule has 0 aliphatic carbocycles. The fraction of sp³-hybridized carbons (Fsp3) is 0.333. The minimum atomic E-state index is -2.28. The first-order valence-corrected chi connectivity index (χ1v) is 25.6. The normalized spacial score (nSPS) is 17.9. The lowest BCUT2D eigenvalue weighted by Crippen LogP contribution is -2.68. The fourth-order valence-corrected chi connectivity index (χ4v) is 10.5. The lowest BCUT2D eigenvalue weighted by atomic mass is 9.86. The summed E-state index contributed by atoms with van der Waals surface area (Å²) in [7, 11) is 0. The number of ether oxygens (including phenoxy) is 5. The maximum Gasteiger partial charge on any atom is 0.342 e. The molecule has 4 amide bonds. The minimum absolute atomic E-state index is 0.0389. The van der Waals surface area contributed by atoms with E-state index in [4.69, 9.17) is 40.3 Å². The van der Waals surface area contributed by atoms with Gasteiger partial charge in [0.1, 0.15) is 35.8 Å². The van der Waals surface area contributed by atoms with Crippen molar-refractivity contribution in [3.8, 4) is 10.8 Å². The standard InChI is InChI=1S/C54H55ClN8O11S/c1-32-33(2)75-51-45(32)47(36-12-14-37(55)15-13-36)58-42(48-61-60-34(3)62(48)51)30-44(65)57-38-16-18-39(19-17-38)73-29-28-72-27-26-71-25-24-70-23-22-56-41-11-7-10-40-46(41)50(67)63(49(40)66)54(21-20-43(64)59-52(54)68)53(69)74-31-35-8-5-4-6-9-35/h4-19,42,49,56,66H,20-31H2,1-3H3,(H,57,65)(H,59,64,68). The number of piperidine rings is 1. The molecule has 1 fully saturated rings. The van der Waals surface area contributed by atoms with Gasteiger partial charge in [-0.3, -0.25) is 39.0 Å². The molecule has 0 spiro atoms. The van der Waals surface area contributed by atoms with Gasteiger partial charge in [0.15, 0.2) is 12.1 Å². The van der Waals surface area contributed by atoms with Crippen LogP contribution in [0.15, 0.2) is 102 Å². The molecule has 0 saturated carbocycles. The van der Waals surface area contributed by atoms with Crippen molar-refractivity contribution in [1.82, 2.24) is 25.0 Å². The first kappa shape index (κ1) is 52.5. The molecule has 21 heteroatoms.